The molecule has 0 aliphatic heterocycles. The molecule has 14 heavy (non-hydrogen) atoms. The van der Waals surface area contributed by atoms with Crippen LogP contribution in [0.1, 0.15) is 27.7 Å². The zero-order valence-electron chi connectivity index (χ0n) is 9.25. The molecule has 0 fully saturated rings. The summed E-state index contributed by atoms with van der Waals surface area (Å²) in [5.74, 6) is 1.38. The normalized spacial score (nSPS) is 13.1. The van der Waals surface area contributed by atoms with Crippen molar-refractivity contribution in [2.75, 3.05) is 11.2 Å². The Morgan fingerprint density at radius 1 is 1.14 bits per heavy atom. The van der Waals surface area contributed by atoms with E-state index in [1.54, 1.807) is 0 Å². The third-order valence-corrected chi connectivity index (χ3v) is 5.10. The fourth-order valence-corrected chi connectivity index (χ4v) is 2.51. The highest BCUT2D eigenvalue weighted by Crippen LogP contribution is 2.19. The van der Waals surface area contributed by atoms with Gasteiger partial charge in [-0.15, -0.1) is 0 Å². The van der Waals surface area contributed by atoms with Gasteiger partial charge in [-0.25, -0.2) is 13.1 Å². The number of hydrogen-bond acceptors (Lipinski definition) is 2. The Bertz CT molecular complexity index is 242. The minimum Gasteiger partial charge on any atom is -0.214 e. The largest absolute Gasteiger partial charge is 0.221 e. The maximum Gasteiger partial charge on any atom is 0.221 e. The molecule has 86 valence electrons. The lowest BCUT2D eigenvalue weighted by Crippen LogP contribution is -2.34. The van der Waals surface area contributed by atoms with Gasteiger partial charge in [0.05, 0.1) is 0 Å². The molecule has 0 saturated heterocycles. The summed E-state index contributed by atoms with van der Waals surface area (Å²) in [5.41, 5.74) is 0. The van der Waals surface area contributed by atoms with Gasteiger partial charge in [-0.3, -0.25) is 0 Å². The van der Waals surface area contributed by atoms with E-state index in [9.17, 15) is 8.42 Å². The number of nitrogens with one attached hydrogen (secondary N) is 1. The fourth-order valence-electron chi connectivity index (χ4n) is 1.50. The summed E-state index contributed by atoms with van der Waals surface area (Å²) in [6.45, 7) is 9.00. The molecule has 0 aromatic rings. The molecule has 0 saturated carbocycles. The van der Waals surface area contributed by atoms with Gasteiger partial charge < -0.3 is 0 Å². The van der Waals surface area contributed by atoms with E-state index >= 15 is 0 Å². The zero-order chi connectivity index (χ0) is 11.4. The van der Waals surface area contributed by atoms with Crippen molar-refractivity contribution >= 4 is 26.0 Å². The lowest BCUT2D eigenvalue weighted by atomic mass is 9.86. The van der Waals surface area contributed by atoms with Crippen LogP contribution >= 0.6 is 15.9 Å². The third kappa shape index (κ3) is 5.32. The molecule has 1 N–H and O–H groups in total. The van der Waals surface area contributed by atoms with Crippen LogP contribution in [0.15, 0.2) is 0 Å². The van der Waals surface area contributed by atoms with Gasteiger partial charge in [-0.05, 0) is 17.8 Å². The number of hydrogen-bond donors (Lipinski definition) is 1. The Hall–Kier alpha value is 0.390. The Morgan fingerprint density at radius 2 is 1.57 bits per heavy atom. The summed E-state index contributed by atoms with van der Waals surface area (Å²) >= 11 is 2.94. The van der Waals surface area contributed by atoms with Crippen molar-refractivity contribution in [3.8, 4) is 0 Å². The first-order valence-corrected chi connectivity index (χ1v) is 7.60. The van der Waals surface area contributed by atoms with E-state index in [1.165, 1.54) is 0 Å². The van der Waals surface area contributed by atoms with Crippen LogP contribution in [0, 0.1) is 17.8 Å². The SMILES string of the molecule is CC(C)C(CNS(=O)(=O)CBr)C(C)C. The van der Waals surface area contributed by atoms with Crippen molar-refractivity contribution < 1.29 is 8.42 Å². The van der Waals surface area contributed by atoms with E-state index < -0.39 is 10.0 Å². The zero-order valence-corrected chi connectivity index (χ0v) is 11.7. The fraction of sp³-hybridized carbons (Fsp3) is 1.00. The predicted molar refractivity (Wildman–Crippen MR) is 63.9 cm³/mol. The maximum absolute atomic E-state index is 11.2. The molecule has 0 bridgehead atoms. The molecule has 0 heterocycles. The van der Waals surface area contributed by atoms with Gasteiger partial charge in [0.1, 0.15) is 4.66 Å². The number of halogens is 1. The van der Waals surface area contributed by atoms with Crippen molar-refractivity contribution in [1.82, 2.24) is 4.72 Å². The van der Waals surface area contributed by atoms with Crippen molar-refractivity contribution in [1.29, 1.82) is 0 Å². The summed E-state index contributed by atoms with van der Waals surface area (Å²) in [7, 11) is -3.11. The smallest absolute Gasteiger partial charge is 0.214 e. The van der Waals surface area contributed by atoms with Crippen LogP contribution in [0.5, 0.6) is 0 Å². The molecule has 0 spiro atoms. The minimum atomic E-state index is -3.11. The number of alkyl halides is 1. The average Bonchev–Trinajstić information content (AvgIpc) is 2.03. The first-order valence-electron chi connectivity index (χ1n) is 4.83. The second kappa shape index (κ2) is 6.08. The Morgan fingerprint density at radius 3 is 1.86 bits per heavy atom. The van der Waals surface area contributed by atoms with Gasteiger partial charge >= 0.3 is 0 Å². The van der Waals surface area contributed by atoms with Crippen molar-refractivity contribution in [2.24, 2.45) is 17.8 Å². The van der Waals surface area contributed by atoms with Crippen LogP contribution in [0.3, 0.4) is 0 Å². The number of sulfonamides is 1. The molecular formula is C9H20BrNO2S. The Balaban J connectivity index is 4.21. The lowest BCUT2D eigenvalue weighted by Gasteiger charge is -2.24. The highest BCUT2D eigenvalue weighted by atomic mass is 79.9. The quantitative estimate of drug-likeness (QED) is 0.761. The van der Waals surface area contributed by atoms with Crippen LogP contribution in [0.25, 0.3) is 0 Å². The monoisotopic (exact) mass is 285 g/mol. The summed E-state index contributed by atoms with van der Waals surface area (Å²) in [6, 6.07) is 0. The van der Waals surface area contributed by atoms with E-state index in [-0.39, 0.29) is 4.66 Å². The molecule has 0 amide bonds. The molecule has 0 aromatic carbocycles. The standard InChI is InChI=1S/C9H20BrNO2S/c1-7(2)9(8(3)4)5-11-14(12,13)6-10/h7-9,11H,5-6H2,1-4H3. The molecule has 0 aliphatic rings. The molecule has 0 atom stereocenters. The molecule has 0 unspecified atom stereocenters. The molecule has 0 aliphatic carbocycles. The minimum absolute atomic E-state index is 0.0249. The summed E-state index contributed by atoms with van der Waals surface area (Å²) in [6.07, 6.45) is 0. The first kappa shape index (κ1) is 14.4. The van der Waals surface area contributed by atoms with Crippen molar-refractivity contribution in [2.45, 2.75) is 27.7 Å². The van der Waals surface area contributed by atoms with Gasteiger partial charge in [0.25, 0.3) is 0 Å². The molecule has 3 nitrogen and oxygen atoms in total. The molecule has 5 heteroatoms. The van der Waals surface area contributed by atoms with Crippen LogP contribution < -0.4 is 4.72 Å². The van der Waals surface area contributed by atoms with Crippen LogP contribution in [0.2, 0.25) is 0 Å². The highest BCUT2D eigenvalue weighted by molar-refractivity contribution is 9.10. The maximum atomic E-state index is 11.2. The van der Waals surface area contributed by atoms with Gasteiger partial charge in [0, 0.05) is 6.54 Å². The van der Waals surface area contributed by atoms with Crippen LogP contribution in [-0.4, -0.2) is 19.6 Å². The average molecular weight is 286 g/mol. The van der Waals surface area contributed by atoms with Crippen LogP contribution in [-0.2, 0) is 10.0 Å². The van der Waals surface area contributed by atoms with Gasteiger partial charge in [0.15, 0.2) is 0 Å². The van der Waals surface area contributed by atoms with Gasteiger partial charge in [-0.2, -0.15) is 0 Å². The molecule has 0 radical (unpaired) electrons. The highest BCUT2D eigenvalue weighted by Gasteiger charge is 2.19. The lowest BCUT2D eigenvalue weighted by molar-refractivity contribution is 0.289. The molecule has 0 aromatic heterocycles. The second-order valence-electron chi connectivity index (χ2n) is 4.22. The summed E-state index contributed by atoms with van der Waals surface area (Å²) in [5, 5.41) is 0. The predicted octanol–water partition coefficient (Wildman–Crippen LogP) is 2.19. The topological polar surface area (TPSA) is 46.2 Å². The van der Waals surface area contributed by atoms with E-state index in [0.29, 0.717) is 24.3 Å². The second-order valence-corrected chi connectivity index (χ2v) is 7.33. The summed E-state index contributed by atoms with van der Waals surface area (Å²) < 4.78 is 25.0. The van der Waals surface area contributed by atoms with Crippen LogP contribution in [0.4, 0.5) is 0 Å². The molecular weight excluding hydrogens is 266 g/mol. The van der Waals surface area contributed by atoms with Crippen molar-refractivity contribution in [3.63, 3.8) is 0 Å². The first-order chi connectivity index (χ1) is 6.30. The third-order valence-electron chi connectivity index (χ3n) is 2.40. The van der Waals surface area contributed by atoms with E-state index in [0.717, 1.165) is 0 Å². The van der Waals surface area contributed by atoms with Gasteiger partial charge in [-0.1, -0.05) is 43.6 Å². The molecule has 0 rings (SSSR count). The summed E-state index contributed by atoms with van der Waals surface area (Å²) in [4.78, 5) is 0. The van der Waals surface area contributed by atoms with Crippen molar-refractivity contribution in [3.05, 3.63) is 0 Å². The van der Waals surface area contributed by atoms with E-state index in [2.05, 4.69) is 48.3 Å². The number of rotatable bonds is 6. The van der Waals surface area contributed by atoms with Gasteiger partial charge in [0.2, 0.25) is 10.0 Å². The van der Waals surface area contributed by atoms with E-state index in [1.807, 2.05) is 0 Å². The Labute approximate surface area is 95.8 Å². The Kier molecular flexibility index (Phi) is 6.25. The van der Waals surface area contributed by atoms with E-state index in [4.69, 9.17) is 0 Å².